The van der Waals surface area contributed by atoms with Crippen LogP contribution in [-0.4, -0.2) is 0 Å². The molecule has 2 aromatic heterocycles. The lowest BCUT2D eigenvalue weighted by Crippen LogP contribution is -2.11. The number of nitrogens with zero attached hydrogens (tertiary/aromatic N) is 2. The minimum absolute atomic E-state index is 0.836. The van der Waals surface area contributed by atoms with Crippen LogP contribution in [0.25, 0.3) is 76.5 Å². The first-order valence-corrected chi connectivity index (χ1v) is 22.0. The molecule has 0 unspecified atom stereocenters. The Hall–Kier alpha value is -8.08. The van der Waals surface area contributed by atoms with E-state index in [9.17, 15) is 0 Å². The van der Waals surface area contributed by atoms with Gasteiger partial charge in [-0.3, -0.25) is 0 Å². The monoisotopic (exact) mass is 824 g/mol. The molecule has 2 heterocycles. The summed E-state index contributed by atoms with van der Waals surface area (Å²) < 4.78 is 14.0. The lowest BCUT2D eigenvalue weighted by Gasteiger charge is -2.28. The van der Waals surface area contributed by atoms with E-state index in [0.29, 0.717) is 0 Å². The zero-order chi connectivity index (χ0) is 43.1. The molecule has 0 saturated heterocycles. The third-order valence-corrected chi connectivity index (χ3v) is 13.3. The van der Waals surface area contributed by atoms with E-state index in [0.717, 1.165) is 111 Å². The summed E-state index contributed by atoms with van der Waals surface area (Å²) in [5.41, 5.74) is 17.2. The molecule has 306 valence electrons. The Kier molecular flexibility index (Phi) is 8.70. The van der Waals surface area contributed by atoms with Crippen LogP contribution in [0, 0.1) is 27.7 Å². The van der Waals surface area contributed by atoms with Crippen molar-refractivity contribution in [2.45, 2.75) is 27.7 Å². The number of para-hydroxylation sites is 2. The van der Waals surface area contributed by atoms with Crippen LogP contribution in [0.2, 0.25) is 0 Å². The normalized spacial score (nSPS) is 11.8. The molecule has 4 nitrogen and oxygen atoms in total. The molecule has 0 radical (unpaired) electrons. The maximum absolute atomic E-state index is 7.05. The van der Waals surface area contributed by atoms with Crippen LogP contribution in [0.4, 0.5) is 34.1 Å². The number of anilines is 6. The number of benzene rings is 10. The fraction of sp³-hybridized carbons (Fsp3) is 0.0667. The van der Waals surface area contributed by atoms with Crippen molar-refractivity contribution in [3.05, 3.63) is 216 Å². The molecule has 0 spiro atoms. The first-order chi connectivity index (χ1) is 31.4. The molecular formula is C60H44N2O2. The molecule has 0 saturated carbocycles. The average Bonchev–Trinajstić information content (AvgIpc) is 3.88. The standard InChI is InChI=1S/C60H44N2O2/c1-37-16-14-24-53(39(37)3)61(46-20-10-6-11-21-46)48-28-26-42-32-51-55(34-44(42)30-48)63-57-36-50(41-18-8-5-9-19-41)60-59(58(51)57)52-33-43-27-29-49(31-45(43)35-56(52)64-60)62(47-22-12-7-13-23-47)54-25-15-17-38(2)40(54)4/h5-36H,1-4H3. The third-order valence-electron chi connectivity index (χ3n) is 13.3. The SMILES string of the molecule is Cc1cccc(N(c2ccccc2)c2ccc3cc4c(cc3c2)oc2cc(-c3ccccc3)c3oc5cc6cc(N(c7ccccc7)c7cccc(C)c7C)ccc6cc5c3c24)c1C. The summed E-state index contributed by atoms with van der Waals surface area (Å²) in [6.07, 6.45) is 0. The molecule has 0 amide bonds. The second-order valence-electron chi connectivity index (χ2n) is 17.1. The summed E-state index contributed by atoms with van der Waals surface area (Å²) in [4.78, 5) is 4.71. The Labute approximate surface area is 371 Å². The topological polar surface area (TPSA) is 32.8 Å². The zero-order valence-corrected chi connectivity index (χ0v) is 36.2. The molecular weight excluding hydrogens is 781 g/mol. The van der Waals surface area contributed by atoms with Crippen molar-refractivity contribution in [1.82, 2.24) is 0 Å². The van der Waals surface area contributed by atoms with Crippen molar-refractivity contribution in [3.8, 4) is 11.1 Å². The van der Waals surface area contributed by atoms with E-state index >= 15 is 0 Å². The van der Waals surface area contributed by atoms with Crippen molar-refractivity contribution in [3.63, 3.8) is 0 Å². The van der Waals surface area contributed by atoms with Gasteiger partial charge >= 0.3 is 0 Å². The number of fused-ring (bicyclic) bond motifs is 9. The van der Waals surface area contributed by atoms with E-state index in [-0.39, 0.29) is 0 Å². The van der Waals surface area contributed by atoms with Crippen LogP contribution < -0.4 is 9.80 Å². The van der Waals surface area contributed by atoms with Gasteiger partial charge in [-0.15, -0.1) is 0 Å². The molecule has 10 aromatic carbocycles. The number of rotatable bonds is 7. The highest BCUT2D eigenvalue weighted by Crippen LogP contribution is 2.48. The molecule has 0 bridgehead atoms. The maximum Gasteiger partial charge on any atom is 0.144 e. The van der Waals surface area contributed by atoms with Gasteiger partial charge in [0.05, 0.1) is 0 Å². The molecule has 4 heteroatoms. The number of hydrogen-bond acceptors (Lipinski definition) is 4. The van der Waals surface area contributed by atoms with Crippen LogP contribution in [0.3, 0.4) is 0 Å². The Morgan fingerprint density at radius 1 is 0.344 bits per heavy atom. The molecule has 0 aliphatic rings. The predicted molar refractivity (Wildman–Crippen MR) is 270 cm³/mol. The lowest BCUT2D eigenvalue weighted by molar-refractivity contribution is 0.664. The summed E-state index contributed by atoms with van der Waals surface area (Å²) in [6.45, 7) is 8.76. The van der Waals surface area contributed by atoms with Crippen molar-refractivity contribution in [2.24, 2.45) is 0 Å². The molecule has 64 heavy (non-hydrogen) atoms. The van der Waals surface area contributed by atoms with Gasteiger partial charge in [-0.2, -0.15) is 0 Å². The van der Waals surface area contributed by atoms with Gasteiger partial charge in [0.25, 0.3) is 0 Å². The van der Waals surface area contributed by atoms with Gasteiger partial charge in [0, 0.05) is 61.2 Å². The molecule has 0 aliphatic heterocycles. The predicted octanol–water partition coefficient (Wildman–Crippen LogP) is 17.6. The van der Waals surface area contributed by atoms with Crippen molar-refractivity contribution < 1.29 is 8.83 Å². The second-order valence-corrected chi connectivity index (χ2v) is 17.1. The fourth-order valence-electron chi connectivity index (χ4n) is 9.74. The zero-order valence-electron chi connectivity index (χ0n) is 36.2. The molecule has 12 aromatic rings. The summed E-state index contributed by atoms with van der Waals surface area (Å²) in [7, 11) is 0. The Morgan fingerprint density at radius 2 is 0.828 bits per heavy atom. The second kappa shape index (κ2) is 14.8. The first kappa shape index (κ1) is 37.7. The molecule has 0 atom stereocenters. The highest BCUT2D eigenvalue weighted by atomic mass is 16.3. The van der Waals surface area contributed by atoms with E-state index in [1.54, 1.807) is 0 Å². The number of aryl methyl sites for hydroxylation is 2. The summed E-state index contributed by atoms with van der Waals surface area (Å²) >= 11 is 0. The minimum atomic E-state index is 0.836. The third kappa shape index (κ3) is 6.06. The van der Waals surface area contributed by atoms with Gasteiger partial charge in [0.15, 0.2) is 0 Å². The van der Waals surface area contributed by atoms with E-state index < -0.39 is 0 Å². The van der Waals surface area contributed by atoms with E-state index in [4.69, 9.17) is 8.83 Å². The van der Waals surface area contributed by atoms with E-state index in [2.05, 4.69) is 232 Å². The quantitative estimate of drug-likeness (QED) is 0.160. The largest absolute Gasteiger partial charge is 0.456 e. The van der Waals surface area contributed by atoms with Gasteiger partial charge in [-0.05, 0) is 168 Å². The van der Waals surface area contributed by atoms with Crippen molar-refractivity contribution >= 4 is 99.5 Å². The Morgan fingerprint density at radius 3 is 1.36 bits per heavy atom. The van der Waals surface area contributed by atoms with Gasteiger partial charge in [-0.25, -0.2) is 0 Å². The average molecular weight is 825 g/mol. The highest BCUT2D eigenvalue weighted by molar-refractivity contribution is 6.30. The van der Waals surface area contributed by atoms with Gasteiger partial charge in [0.2, 0.25) is 0 Å². The minimum Gasteiger partial charge on any atom is -0.456 e. The summed E-state index contributed by atoms with van der Waals surface area (Å²) in [6, 6.07) is 69.5. The fourth-order valence-corrected chi connectivity index (χ4v) is 9.74. The molecule has 12 rings (SSSR count). The Bertz CT molecular complexity index is 3770. The van der Waals surface area contributed by atoms with Gasteiger partial charge < -0.3 is 18.6 Å². The highest BCUT2D eigenvalue weighted by Gasteiger charge is 2.23. The van der Waals surface area contributed by atoms with Crippen molar-refractivity contribution in [1.29, 1.82) is 0 Å². The van der Waals surface area contributed by atoms with Gasteiger partial charge in [-0.1, -0.05) is 103 Å². The van der Waals surface area contributed by atoms with E-state index in [1.165, 1.54) is 22.3 Å². The van der Waals surface area contributed by atoms with Crippen LogP contribution in [0.1, 0.15) is 22.3 Å². The van der Waals surface area contributed by atoms with Gasteiger partial charge in [0.1, 0.15) is 22.3 Å². The van der Waals surface area contributed by atoms with Crippen LogP contribution in [0.5, 0.6) is 0 Å². The lowest BCUT2D eigenvalue weighted by atomic mass is 9.96. The molecule has 0 fully saturated rings. The maximum atomic E-state index is 7.05. The van der Waals surface area contributed by atoms with Crippen LogP contribution in [0.15, 0.2) is 203 Å². The Balaban J connectivity index is 1.06. The number of hydrogen-bond donors (Lipinski definition) is 0. The summed E-state index contributed by atoms with van der Waals surface area (Å²) in [5.74, 6) is 0. The smallest absolute Gasteiger partial charge is 0.144 e. The molecule has 0 aliphatic carbocycles. The summed E-state index contributed by atoms with van der Waals surface area (Å²) in [5, 5.41) is 8.78. The van der Waals surface area contributed by atoms with Crippen LogP contribution >= 0.6 is 0 Å². The first-order valence-electron chi connectivity index (χ1n) is 22.0. The van der Waals surface area contributed by atoms with Crippen molar-refractivity contribution in [2.75, 3.05) is 9.80 Å². The molecule has 0 N–H and O–H groups in total. The van der Waals surface area contributed by atoms with Crippen LogP contribution in [-0.2, 0) is 0 Å². The van der Waals surface area contributed by atoms with E-state index in [1.807, 2.05) is 0 Å². The number of furan rings is 2.